The van der Waals surface area contributed by atoms with E-state index in [0.717, 1.165) is 34.6 Å². The van der Waals surface area contributed by atoms with Gasteiger partial charge in [-0.15, -0.1) is 0 Å². The van der Waals surface area contributed by atoms with Gasteiger partial charge in [0.1, 0.15) is 11.6 Å². The molecule has 0 amide bonds. The van der Waals surface area contributed by atoms with E-state index in [-0.39, 0.29) is 6.04 Å². The first-order valence-electron chi connectivity index (χ1n) is 8.68. The summed E-state index contributed by atoms with van der Waals surface area (Å²) in [5.41, 5.74) is 9.36. The van der Waals surface area contributed by atoms with Crippen molar-refractivity contribution >= 4 is 34.2 Å². The van der Waals surface area contributed by atoms with E-state index in [1.807, 2.05) is 24.3 Å². The molecule has 3 rings (SSSR count). The molecule has 1 aromatic heterocycles. The lowest BCUT2D eigenvalue weighted by atomic mass is 9.99. The molecule has 138 valence electrons. The summed E-state index contributed by atoms with van der Waals surface area (Å²) in [6, 6.07) is 11.5. The van der Waals surface area contributed by atoms with Crippen LogP contribution in [0.3, 0.4) is 0 Å². The van der Waals surface area contributed by atoms with E-state index >= 15 is 0 Å². The molecule has 2 aromatic carbocycles. The van der Waals surface area contributed by atoms with Crippen LogP contribution in [0.1, 0.15) is 37.7 Å². The molecule has 0 aliphatic carbocycles. The number of nitrogens with zero attached hydrogens (tertiary/aromatic N) is 2. The van der Waals surface area contributed by atoms with Gasteiger partial charge in [0.15, 0.2) is 0 Å². The highest BCUT2D eigenvalue weighted by Crippen LogP contribution is 2.32. The Bertz CT molecular complexity index is 923. The Kier molecular flexibility index (Phi) is 5.76. The topological polar surface area (TPSA) is 53.1 Å². The molecule has 0 aliphatic heterocycles. The minimum Gasteiger partial charge on any atom is -0.497 e. The molecule has 0 aliphatic rings. The summed E-state index contributed by atoms with van der Waals surface area (Å²) in [6.45, 7) is 4.90. The number of methoxy groups -OCH3 is 1. The van der Waals surface area contributed by atoms with Crippen LogP contribution >= 0.6 is 23.2 Å². The quantitative estimate of drug-likeness (QED) is 0.607. The molecule has 1 unspecified atom stereocenters. The molecule has 2 atom stereocenters. The van der Waals surface area contributed by atoms with Gasteiger partial charge in [0, 0.05) is 6.54 Å². The average Bonchev–Trinajstić information content (AvgIpc) is 2.98. The van der Waals surface area contributed by atoms with E-state index in [9.17, 15) is 0 Å². The van der Waals surface area contributed by atoms with E-state index in [2.05, 4.69) is 24.5 Å². The average molecular weight is 392 g/mol. The Morgan fingerprint density at radius 1 is 1.19 bits per heavy atom. The van der Waals surface area contributed by atoms with Gasteiger partial charge in [-0.25, -0.2) is 4.98 Å². The van der Waals surface area contributed by atoms with Crippen molar-refractivity contribution in [3.8, 4) is 5.75 Å². The third kappa shape index (κ3) is 3.68. The summed E-state index contributed by atoms with van der Waals surface area (Å²) in [6.07, 6.45) is 0.977. The summed E-state index contributed by atoms with van der Waals surface area (Å²) in [5.74, 6) is 1.97. The van der Waals surface area contributed by atoms with Gasteiger partial charge >= 0.3 is 0 Å². The van der Waals surface area contributed by atoms with Crippen molar-refractivity contribution in [1.82, 2.24) is 9.55 Å². The number of fused-ring (bicyclic) bond motifs is 1. The van der Waals surface area contributed by atoms with Crippen molar-refractivity contribution in [3.63, 3.8) is 0 Å². The van der Waals surface area contributed by atoms with Gasteiger partial charge in [0.2, 0.25) is 0 Å². The van der Waals surface area contributed by atoms with E-state index < -0.39 is 0 Å². The van der Waals surface area contributed by atoms with Gasteiger partial charge in [0.25, 0.3) is 0 Å². The molecule has 0 bridgehead atoms. The number of hydrogen-bond donors (Lipinski definition) is 1. The molecule has 3 aromatic rings. The number of imidazole rings is 1. The molecule has 0 fully saturated rings. The number of hydrogen-bond acceptors (Lipinski definition) is 3. The monoisotopic (exact) mass is 391 g/mol. The zero-order valence-corrected chi connectivity index (χ0v) is 16.7. The minimum absolute atomic E-state index is 0.171. The van der Waals surface area contributed by atoms with Crippen LogP contribution in [0.15, 0.2) is 36.4 Å². The van der Waals surface area contributed by atoms with Crippen LogP contribution in [0.4, 0.5) is 0 Å². The van der Waals surface area contributed by atoms with Crippen LogP contribution in [0, 0.1) is 5.92 Å². The van der Waals surface area contributed by atoms with Crippen molar-refractivity contribution in [2.45, 2.75) is 32.9 Å². The first-order chi connectivity index (χ1) is 12.4. The Morgan fingerprint density at radius 3 is 2.62 bits per heavy atom. The second-order valence-electron chi connectivity index (χ2n) is 6.57. The molecule has 0 saturated heterocycles. The first-order valence-corrected chi connectivity index (χ1v) is 9.43. The zero-order valence-electron chi connectivity index (χ0n) is 15.2. The molecule has 1 heterocycles. The maximum absolute atomic E-state index is 6.53. The number of rotatable bonds is 6. The number of benzene rings is 2. The van der Waals surface area contributed by atoms with Crippen LogP contribution in [-0.2, 0) is 6.54 Å². The van der Waals surface area contributed by atoms with E-state index in [1.54, 1.807) is 13.2 Å². The summed E-state index contributed by atoms with van der Waals surface area (Å²) in [5, 5.41) is 1.00. The molecule has 2 N–H and O–H groups in total. The van der Waals surface area contributed by atoms with E-state index in [1.165, 1.54) is 0 Å². The van der Waals surface area contributed by atoms with Crippen LogP contribution in [0.5, 0.6) is 5.75 Å². The predicted octanol–water partition coefficient (Wildman–Crippen LogP) is 5.45. The molecule has 0 saturated carbocycles. The van der Waals surface area contributed by atoms with Crippen LogP contribution in [0.25, 0.3) is 11.0 Å². The van der Waals surface area contributed by atoms with Gasteiger partial charge in [0.05, 0.1) is 34.2 Å². The zero-order chi connectivity index (χ0) is 18.8. The Balaban J connectivity index is 2.14. The van der Waals surface area contributed by atoms with Gasteiger partial charge in [-0.3, -0.25) is 0 Å². The van der Waals surface area contributed by atoms with Gasteiger partial charge in [-0.2, -0.15) is 0 Å². The van der Waals surface area contributed by atoms with Crippen molar-refractivity contribution < 1.29 is 4.74 Å². The van der Waals surface area contributed by atoms with Crippen LogP contribution in [0.2, 0.25) is 10.0 Å². The Morgan fingerprint density at radius 2 is 1.92 bits per heavy atom. The summed E-state index contributed by atoms with van der Waals surface area (Å²) in [4.78, 5) is 4.79. The van der Waals surface area contributed by atoms with Gasteiger partial charge in [-0.1, -0.05) is 55.6 Å². The third-order valence-corrected chi connectivity index (χ3v) is 5.57. The largest absolute Gasteiger partial charge is 0.497 e. The molecule has 0 radical (unpaired) electrons. The van der Waals surface area contributed by atoms with Gasteiger partial charge in [-0.05, 0) is 35.7 Å². The summed E-state index contributed by atoms with van der Waals surface area (Å²) in [7, 11) is 1.66. The Hall–Kier alpha value is -1.75. The molecule has 4 nitrogen and oxygen atoms in total. The van der Waals surface area contributed by atoms with Crippen LogP contribution < -0.4 is 10.5 Å². The van der Waals surface area contributed by atoms with E-state index in [0.29, 0.717) is 22.5 Å². The molecule has 6 heteroatoms. The number of nitrogens with two attached hydrogens (primary N) is 1. The maximum atomic E-state index is 6.53. The standard InChI is InChI=1S/C20H23Cl2N3O/c1-4-12(2)19(23)20-24-17-9-15(21)16(22)10-18(17)25(20)11-13-6-5-7-14(8-13)26-3/h5-10,12,19H,4,11,23H2,1-3H3/t12?,19-/m0/s1. The van der Waals surface area contributed by atoms with Gasteiger partial charge < -0.3 is 15.0 Å². The minimum atomic E-state index is -0.171. The van der Waals surface area contributed by atoms with Crippen molar-refractivity contribution in [2.24, 2.45) is 11.7 Å². The molecule has 26 heavy (non-hydrogen) atoms. The normalized spacial score (nSPS) is 13.8. The number of aromatic nitrogens is 2. The molecular weight excluding hydrogens is 369 g/mol. The lowest BCUT2D eigenvalue weighted by Gasteiger charge is -2.20. The fourth-order valence-corrected chi connectivity index (χ4v) is 3.34. The number of halogens is 2. The highest BCUT2D eigenvalue weighted by atomic mass is 35.5. The lowest BCUT2D eigenvalue weighted by molar-refractivity contribution is 0.413. The van der Waals surface area contributed by atoms with Crippen molar-refractivity contribution in [2.75, 3.05) is 7.11 Å². The second kappa shape index (κ2) is 7.87. The summed E-state index contributed by atoms with van der Waals surface area (Å²) < 4.78 is 7.47. The van der Waals surface area contributed by atoms with E-state index in [4.69, 9.17) is 38.7 Å². The second-order valence-corrected chi connectivity index (χ2v) is 7.39. The summed E-state index contributed by atoms with van der Waals surface area (Å²) >= 11 is 12.5. The fraction of sp³-hybridized carbons (Fsp3) is 0.350. The van der Waals surface area contributed by atoms with Crippen molar-refractivity contribution in [3.05, 3.63) is 57.8 Å². The fourth-order valence-electron chi connectivity index (χ4n) is 3.02. The first kappa shape index (κ1) is 19.0. The highest BCUT2D eigenvalue weighted by molar-refractivity contribution is 6.42. The van der Waals surface area contributed by atoms with Crippen molar-refractivity contribution in [1.29, 1.82) is 0 Å². The molecule has 0 spiro atoms. The highest BCUT2D eigenvalue weighted by Gasteiger charge is 2.22. The Labute approximate surface area is 163 Å². The third-order valence-electron chi connectivity index (χ3n) is 4.85. The predicted molar refractivity (Wildman–Crippen MR) is 108 cm³/mol. The SMILES string of the molecule is CCC(C)[C@H](N)c1nc2cc(Cl)c(Cl)cc2n1Cc1cccc(OC)c1. The molecular formula is C20H23Cl2N3O. The maximum Gasteiger partial charge on any atom is 0.127 e. The smallest absolute Gasteiger partial charge is 0.127 e. The number of ether oxygens (including phenoxy) is 1. The van der Waals surface area contributed by atoms with Crippen LogP contribution in [-0.4, -0.2) is 16.7 Å². The lowest BCUT2D eigenvalue weighted by Crippen LogP contribution is -2.23.